The lowest BCUT2D eigenvalue weighted by Gasteiger charge is -2.03. The Kier molecular flexibility index (Phi) is 3.87. The van der Waals surface area contributed by atoms with Crippen LogP contribution in [-0.2, 0) is 11.4 Å². The van der Waals surface area contributed by atoms with Gasteiger partial charge in [-0.1, -0.05) is 29.4 Å². The van der Waals surface area contributed by atoms with Gasteiger partial charge in [-0.3, -0.25) is 0 Å². The van der Waals surface area contributed by atoms with Crippen LogP contribution in [0.4, 0.5) is 8.78 Å². The average Bonchev–Trinajstić information content (AvgIpc) is 2.94. The highest BCUT2D eigenvalue weighted by atomic mass is 19.1. The Hall–Kier alpha value is -2.69. The van der Waals surface area contributed by atoms with Crippen LogP contribution in [-0.4, -0.2) is 5.71 Å². The first-order chi connectivity index (χ1) is 10.6. The van der Waals surface area contributed by atoms with Crippen molar-refractivity contribution in [3.63, 3.8) is 0 Å². The minimum absolute atomic E-state index is 0.149. The summed E-state index contributed by atoms with van der Waals surface area (Å²) in [4.78, 5) is 5.04. The molecule has 0 amide bonds. The van der Waals surface area contributed by atoms with Crippen LogP contribution in [0.5, 0.6) is 0 Å². The lowest BCUT2D eigenvalue weighted by atomic mass is 10.2. The summed E-state index contributed by atoms with van der Waals surface area (Å²) in [6.45, 7) is 1.42. The number of benzene rings is 2. The molecule has 0 aliphatic heterocycles. The fraction of sp³-hybridized carbons (Fsp3) is 0.118. The summed E-state index contributed by atoms with van der Waals surface area (Å²) in [6, 6.07) is 13.0. The van der Waals surface area contributed by atoms with E-state index in [1.165, 1.54) is 18.2 Å². The van der Waals surface area contributed by atoms with Crippen molar-refractivity contribution in [1.29, 1.82) is 0 Å². The molecular formula is C17H13F2NO2. The van der Waals surface area contributed by atoms with Gasteiger partial charge >= 0.3 is 0 Å². The average molecular weight is 301 g/mol. The zero-order valence-corrected chi connectivity index (χ0v) is 11.8. The van der Waals surface area contributed by atoms with Crippen LogP contribution < -0.4 is 0 Å². The van der Waals surface area contributed by atoms with E-state index in [1.54, 1.807) is 6.92 Å². The molecular weight excluding hydrogens is 288 g/mol. The maximum absolute atomic E-state index is 13.5. The van der Waals surface area contributed by atoms with Gasteiger partial charge in [0.05, 0.1) is 5.56 Å². The topological polar surface area (TPSA) is 34.7 Å². The number of rotatable bonds is 4. The van der Waals surface area contributed by atoms with Gasteiger partial charge in [0, 0.05) is 5.39 Å². The standard InChI is InChI=1S/C17H13F2NO2/c1-11(17-9-12-5-2-3-8-16(12)22-17)20-21-10-13-14(18)6-4-7-15(13)19/h2-9H,10H2,1H3/b20-11+. The van der Waals surface area contributed by atoms with Gasteiger partial charge in [-0.15, -0.1) is 0 Å². The van der Waals surface area contributed by atoms with E-state index in [-0.39, 0.29) is 12.2 Å². The highest BCUT2D eigenvalue weighted by Gasteiger charge is 2.10. The predicted octanol–water partition coefficient (Wildman–Crippen LogP) is 4.65. The second-order valence-corrected chi connectivity index (χ2v) is 4.80. The number of hydrogen-bond acceptors (Lipinski definition) is 3. The maximum Gasteiger partial charge on any atom is 0.152 e. The van der Waals surface area contributed by atoms with E-state index < -0.39 is 11.6 Å². The zero-order valence-electron chi connectivity index (χ0n) is 11.8. The molecule has 22 heavy (non-hydrogen) atoms. The molecule has 0 aliphatic carbocycles. The summed E-state index contributed by atoms with van der Waals surface area (Å²) >= 11 is 0. The Bertz CT molecular complexity index is 786. The highest BCUT2D eigenvalue weighted by Crippen LogP contribution is 2.19. The fourth-order valence-corrected chi connectivity index (χ4v) is 2.07. The van der Waals surface area contributed by atoms with Crippen LogP contribution in [0.25, 0.3) is 11.0 Å². The smallest absolute Gasteiger partial charge is 0.152 e. The highest BCUT2D eigenvalue weighted by molar-refractivity contribution is 5.99. The maximum atomic E-state index is 13.5. The van der Waals surface area contributed by atoms with Gasteiger partial charge in [0.25, 0.3) is 0 Å². The minimum Gasteiger partial charge on any atom is -0.455 e. The molecule has 1 aromatic heterocycles. The summed E-state index contributed by atoms with van der Waals surface area (Å²) in [6.07, 6.45) is 0. The zero-order chi connectivity index (χ0) is 15.5. The van der Waals surface area contributed by atoms with E-state index in [4.69, 9.17) is 9.25 Å². The molecule has 112 valence electrons. The van der Waals surface area contributed by atoms with Crippen LogP contribution in [0.15, 0.2) is 58.1 Å². The molecule has 5 heteroatoms. The van der Waals surface area contributed by atoms with E-state index in [2.05, 4.69) is 5.16 Å². The molecule has 3 aromatic rings. The van der Waals surface area contributed by atoms with Crippen LogP contribution >= 0.6 is 0 Å². The third-order valence-electron chi connectivity index (χ3n) is 3.25. The van der Waals surface area contributed by atoms with Crippen molar-refractivity contribution in [3.05, 3.63) is 71.5 Å². The second kappa shape index (κ2) is 5.97. The van der Waals surface area contributed by atoms with Gasteiger partial charge < -0.3 is 9.25 Å². The molecule has 1 heterocycles. The second-order valence-electron chi connectivity index (χ2n) is 4.80. The van der Waals surface area contributed by atoms with Gasteiger partial charge in [-0.05, 0) is 31.2 Å². The van der Waals surface area contributed by atoms with E-state index in [1.807, 2.05) is 30.3 Å². The summed E-state index contributed by atoms with van der Waals surface area (Å²) in [7, 11) is 0. The molecule has 3 rings (SSSR count). The van der Waals surface area contributed by atoms with Gasteiger partial charge in [0.2, 0.25) is 0 Å². The monoisotopic (exact) mass is 301 g/mol. The molecule has 0 bridgehead atoms. The first-order valence-electron chi connectivity index (χ1n) is 6.73. The Labute approximate surface area is 125 Å². The molecule has 2 aromatic carbocycles. The molecule has 3 nitrogen and oxygen atoms in total. The molecule has 0 spiro atoms. The van der Waals surface area contributed by atoms with Crippen molar-refractivity contribution < 1.29 is 18.0 Å². The minimum atomic E-state index is -0.656. The number of fused-ring (bicyclic) bond motifs is 1. The molecule has 0 N–H and O–H groups in total. The lowest BCUT2D eigenvalue weighted by Crippen LogP contribution is -1.99. The Balaban J connectivity index is 1.75. The van der Waals surface area contributed by atoms with E-state index >= 15 is 0 Å². The van der Waals surface area contributed by atoms with Gasteiger partial charge in [0.15, 0.2) is 5.76 Å². The number of oxime groups is 1. The van der Waals surface area contributed by atoms with Crippen molar-refractivity contribution in [1.82, 2.24) is 0 Å². The Morgan fingerprint density at radius 1 is 1.09 bits per heavy atom. The van der Waals surface area contributed by atoms with E-state index in [9.17, 15) is 8.78 Å². The van der Waals surface area contributed by atoms with Crippen molar-refractivity contribution in [2.24, 2.45) is 5.16 Å². The summed E-state index contributed by atoms with van der Waals surface area (Å²) in [5, 5.41) is 4.81. The molecule has 0 atom stereocenters. The van der Waals surface area contributed by atoms with Crippen molar-refractivity contribution in [3.8, 4) is 0 Å². The van der Waals surface area contributed by atoms with E-state index in [0.717, 1.165) is 11.0 Å². The number of nitrogens with zero attached hydrogens (tertiary/aromatic N) is 1. The summed E-state index contributed by atoms with van der Waals surface area (Å²) in [5.41, 5.74) is 1.09. The van der Waals surface area contributed by atoms with Crippen molar-refractivity contribution in [2.45, 2.75) is 13.5 Å². The first kappa shape index (κ1) is 14.3. The lowest BCUT2D eigenvalue weighted by molar-refractivity contribution is 0.124. The van der Waals surface area contributed by atoms with Gasteiger partial charge in [-0.2, -0.15) is 0 Å². The predicted molar refractivity (Wildman–Crippen MR) is 79.6 cm³/mol. The van der Waals surface area contributed by atoms with E-state index in [0.29, 0.717) is 11.5 Å². The van der Waals surface area contributed by atoms with Crippen LogP contribution in [0.1, 0.15) is 18.2 Å². The Morgan fingerprint density at radius 2 is 1.82 bits per heavy atom. The SMILES string of the molecule is C/C(=N\OCc1c(F)cccc1F)c1cc2ccccc2o1. The summed E-state index contributed by atoms with van der Waals surface area (Å²) < 4.78 is 32.5. The quantitative estimate of drug-likeness (QED) is 0.519. The third-order valence-corrected chi connectivity index (χ3v) is 3.25. The molecule has 0 fully saturated rings. The summed E-state index contributed by atoms with van der Waals surface area (Å²) in [5.74, 6) is -0.761. The van der Waals surface area contributed by atoms with Crippen molar-refractivity contribution in [2.75, 3.05) is 0 Å². The van der Waals surface area contributed by atoms with Crippen LogP contribution in [0, 0.1) is 11.6 Å². The van der Waals surface area contributed by atoms with Crippen LogP contribution in [0.3, 0.4) is 0 Å². The first-order valence-corrected chi connectivity index (χ1v) is 6.73. The molecule has 0 saturated carbocycles. The normalized spacial score (nSPS) is 11.9. The molecule has 0 saturated heterocycles. The van der Waals surface area contributed by atoms with Gasteiger partial charge in [0.1, 0.15) is 29.5 Å². The molecule has 0 radical (unpaired) electrons. The number of halogens is 2. The number of hydrogen-bond donors (Lipinski definition) is 0. The largest absolute Gasteiger partial charge is 0.455 e. The number of para-hydroxylation sites is 1. The van der Waals surface area contributed by atoms with Gasteiger partial charge in [-0.25, -0.2) is 8.78 Å². The molecule has 0 aliphatic rings. The van der Waals surface area contributed by atoms with Crippen molar-refractivity contribution >= 4 is 16.7 Å². The third kappa shape index (κ3) is 2.83. The molecule has 0 unspecified atom stereocenters. The number of furan rings is 1. The fourth-order valence-electron chi connectivity index (χ4n) is 2.07. The van der Waals surface area contributed by atoms with Crippen LogP contribution in [0.2, 0.25) is 0 Å². The Morgan fingerprint density at radius 3 is 2.55 bits per heavy atom.